The van der Waals surface area contributed by atoms with E-state index in [9.17, 15) is 0 Å². The highest BCUT2D eigenvalue weighted by Crippen LogP contribution is 2.59. The zero-order chi connectivity index (χ0) is 15.6. The maximum atomic E-state index is 2.50. The first-order chi connectivity index (χ1) is 11.2. The van der Waals surface area contributed by atoms with E-state index >= 15 is 0 Å². The first kappa shape index (κ1) is 13.6. The van der Waals surface area contributed by atoms with Gasteiger partial charge in [0, 0.05) is 0 Å². The maximum absolute atomic E-state index is 2.50. The minimum Gasteiger partial charge on any atom is -0.0620 e. The second kappa shape index (κ2) is 4.84. The quantitative estimate of drug-likeness (QED) is 0.457. The molecule has 2 saturated carbocycles. The summed E-state index contributed by atoms with van der Waals surface area (Å²) in [5.74, 6) is 4.40. The molecule has 0 heterocycles. The number of rotatable bonds is 1. The van der Waals surface area contributed by atoms with Crippen LogP contribution >= 0.6 is 0 Å². The second-order valence-corrected chi connectivity index (χ2v) is 7.95. The maximum Gasteiger partial charge on any atom is -0.0103 e. The van der Waals surface area contributed by atoms with Crippen molar-refractivity contribution < 1.29 is 0 Å². The van der Waals surface area contributed by atoms with Crippen molar-refractivity contribution in [3.8, 4) is 0 Å². The fraction of sp³-hybridized carbons (Fsp3) is 0.391. The van der Waals surface area contributed by atoms with Crippen LogP contribution in [-0.2, 0) is 0 Å². The van der Waals surface area contributed by atoms with E-state index in [0.29, 0.717) is 0 Å². The molecule has 2 aliphatic carbocycles. The Kier molecular flexibility index (Phi) is 2.86. The number of hydrogen-bond donors (Lipinski definition) is 0. The third-order valence-electron chi connectivity index (χ3n) is 7.10. The summed E-state index contributed by atoms with van der Waals surface area (Å²) >= 11 is 0. The highest BCUT2D eigenvalue weighted by Gasteiger charge is 2.49. The summed E-state index contributed by atoms with van der Waals surface area (Å²) in [7, 11) is 0. The third kappa shape index (κ3) is 1.84. The molecule has 0 N–H and O–H groups in total. The molecule has 3 aromatic carbocycles. The predicted octanol–water partition coefficient (Wildman–Crippen LogP) is 6.39. The van der Waals surface area contributed by atoms with Crippen LogP contribution in [0.5, 0.6) is 0 Å². The van der Waals surface area contributed by atoms with E-state index in [1.807, 2.05) is 0 Å². The third-order valence-corrected chi connectivity index (χ3v) is 7.10. The van der Waals surface area contributed by atoms with Crippen molar-refractivity contribution >= 4 is 21.5 Å². The van der Waals surface area contributed by atoms with Gasteiger partial charge in [-0.15, -0.1) is 0 Å². The Morgan fingerprint density at radius 3 is 2.17 bits per heavy atom. The fourth-order valence-corrected chi connectivity index (χ4v) is 5.69. The summed E-state index contributed by atoms with van der Waals surface area (Å²) in [6.45, 7) is 4.97. The molecule has 0 aromatic heterocycles. The summed E-state index contributed by atoms with van der Waals surface area (Å²) in [5, 5.41) is 5.73. The number of fused-ring (bicyclic) bond motifs is 5. The molecule has 116 valence electrons. The molecule has 2 aliphatic rings. The van der Waals surface area contributed by atoms with E-state index in [4.69, 9.17) is 0 Å². The highest BCUT2D eigenvalue weighted by atomic mass is 14.5. The molecule has 0 amide bonds. The van der Waals surface area contributed by atoms with Crippen LogP contribution in [0.4, 0.5) is 0 Å². The second-order valence-electron chi connectivity index (χ2n) is 7.95. The molecule has 0 heteroatoms. The van der Waals surface area contributed by atoms with E-state index in [1.165, 1.54) is 34.4 Å². The Morgan fingerprint density at radius 1 is 0.739 bits per heavy atom. The van der Waals surface area contributed by atoms with E-state index < -0.39 is 0 Å². The van der Waals surface area contributed by atoms with Crippen molar-refractivity contribution in [2.24, 2.45) is 23.7 Å². The van der Waals surface area contributed by atoms with Crippen molar-refractivity contribution in [2.75, 3.05) is 0 Å². The molecule has 2 unspecified atom stereocenters. The van der Waals surface area contributed by atoms with Gasteiger partial charge in [0.05, 0.1) is 0 Å². The van der Waals surface area contributed by atoms with Crippen LogP contribution in [0.15, 0.2) is 54.6 Å². The standard InChI is InChI=1S/C23H24/c1-14-15(2)21-12-17(14)13-23(21)22-11-16-7-3-4-8-18(16)19-9-5-6-10-20(19)22/h3-11,14-15,17,21,23H,12-13H2,1-2H3/t14?,15?,17-,21+,23-/m1/s1. The van der Waals surface area contributed by atoms with Gasteiger partial charge in [-0.25, -0.2) is 0 Å². The molecular formula is C23H24. The minimum atomic E-state index is 0.765. The van der Waals surface area contributed by atoms with Crippen LogP contribution in [0.1, 0.15) is 38.2 Å². The van der Waals surface area contributed by atoms with Gasteiger partial charge in [0.1, 0.15) is 0 Å². The normalized spacial score (nSPS) is 32.9. The number of hydrogen-bond acceptors (Lipinski definition) is 0. The van der Waals surface area contributed by atoms with Crippen molar-refractivity contribution in [3.05, 3.63) is 60.2 Å². The first-order valence-corrected chi connectivity index (χ1v) is 9.14. The molecule has 0 spiro atoms. The van der Waals surface area contributed by atoms with Gasteiger partial charge in [-0.3, -0.25) is 0 Å². The molecule has 0 aliphatic heterocycles. The number of benzene rings is 3. The SMILES string of the molecule is CC1C(C)[C@@H]2C[C@@H]1C[C@H]2c1cc2ccccc2c2ccccc12. The lowest BCUT2D eigenvalue weighted by Gasteiger charge is -2.33. The Balaban J connectivity index is 1.75. The van der Waals surface area contributed by atoms with Gasteiger partial charge in [-0.05, 0) is 69.5 Å². The Bertz CT molecular complexity index is 889. The predicted molar refractivity (Wildman–Crippen MR) is 98.7 cm³/mol. The van der Waals surface area contributed by atoms with Gasteiger partial charge in [0.25, 0.3) is 0 Å². The Labute approximate surface area is 138 Å². The zero-order valence-corrected chi connectivity index (χ0v) is 14.0. The lowest BCUT2D eigenvalue weighted by atomic mass is 9.72. The van der Waals surface area contributed by atoms with Crippen molar-refractivity contribution in [3.63, 3.8) is 0 Å². The van der Waals surface area contributed by atoms with Crippen molar-refractivity contribution in [1.29, 1.82) is 0 Å². The summed E-state index contributed by atoms with van der Waals surface area (Å²) in [6.07, 6.45) is 2.85. The van der Waals surface area contributed by atoms with Crippen molar-refractivity contribution in [1.82, 2.24) is 0 Å². The van der Waals surface area contributed by atoms with E-state index in [-0.39, 0.29) is 0 Å². The smallest absolute Gasteiger partial charge is 0.0103 e. The summed E-state index contributed by atoms with van der Waals surface area (Å²) in [5.41, 5.74) is 1.62. The van der Waals surface area contributed by atoms with Crippen LogP contribution in [0.2, 0.25) is 0 Å². The fourth-order valence-electron chi connectivity index (χ4n) is 5.69. The van der Waals surface area contributed by atoms with Crippen molar-refractivity contribution in [2.45, 2.75) is 32.6 Å². The van der Waals surface area contributed by atoms with Gasteiger partial charge in [0.15, 0.2) is 0 Å². The molecule has 0 saturated heterocycles. The summed E-state index contributed by atoms with van der Waals surface area (Å²) < 4.78 is 0. The van der Waals surface area contributed by atoms with Gasteiger partial charge in [-0.1, -0.05) is 68.4 Å². The lowest BCUT2D eigenvalue weighted by molar-refractivity contribution is 0.233. The van der Waals surface area contributed by atoms with Gasteiger partial charge in [-0.2, -0.15) is 0 Å². The van der Waals surface area contributed by atoms with Gasteiger partial charge in [0.2, 0.25) is 0 Å². The largest absolute Gasteiger partial charge is 0.0620 e. The van der Waals surface area contributed by atoms with E-state index in [1.54, 1.807) is 5.56 Å². The minimum absolute atomic E-state index is 0.765. The van der Waals surface area contributed by atoms with Crippen LogP contribution in [0, 0.1) is 23.7 Å². The molecule has 5 atom stereocenters. The summed E-state index contributed by atoms with van der Waals surface area (Å²) in [4.78, 5) is 0. The molecule has 3 aromatic rings. The van der Waals surface area contributed by atoms with Gasteiger partial charge >= 0.3 is 0 Å². The molecule has 2 fully saturated rings. The lowest BCUT2D eigenvalue weighted by Crippen LogP contribution is -2.23. The molecule has 23 heavy (non-hydrogen) atoms. The first-order valence-electron chi connectivity index (χ1n) is 9.14. The van der Waals surface area contributed by atoms with Gasteiger partial charge < -0.3 is 0 Å². The van der Waals surface area contributed by atoms with Crippen LogP contribution in [0.25, 0.3) is 21.5 Å². The Morgan fingerprint density at radius 2 is 1.43 bits per heavy atom. The Hall–Kier alpha value is -1.82. The molecule has 5 rings (SSSR count). The van der Waals surface area contributed by atoms with Crippen LogP contribution < -0.4 is 0 Å². The topological polar surface area (TPSA) is 0 Å². The van der Waals surface area contributed by atoms with E-state index in [2.05, 4.69) is 68.4 Å². The van der Waals surface area contributed by atoms with Crippen LogP contribution in [-0.4, -0.2) is 0 Å². The average molecular weight is 300 g/mol. The monoisotopic (exact) mass is 300 g/mol. The summed E-state index contributed by atoms with van der Waals surface area (Å²) in [6, 6.07) is 20.4. The van der Waals surface area contributed by atoms with E-state index in [0.717, 1.165) is 29.6 Å². The molecular weight excluding hydrogens is 276 g/mol. The molecule has 0 nitrogen and oxygen atoms in total. The highest BCUT2D eigenvalue weighted by molar-refractivity contribution is 6.09. The zero-order valence-electron chi connectivity index (χ0n) is 14.0. The molecule has 0 radical (unpaired) electrons. The average Bonchev–Trinajstić information content (AvgIpc) is 3.14. The van der Waals surface area contributed by atoms with Crippen LogP contribution in [0.3, 0.4) is 0 Å². The molecule has 2 bridgehead atoms.